The van der Waals surface area contributed by atoms with Crippen molar-refractivity contribution in [3.05, 3.63) is 40.7 Å². The van der Waals surface area contributed by atoms with Crippen LogP contribution in [0.3, 0.4) is 0 Å². The van der Waals surface area contributed by atoms with Gasteiger partial charge in [-0.25, -0.2) is 14.8 Å². The number of carbonyl (C=O) groups excluding carboxylic acids is 1. The van der Waals surface area contributed by atoms with Crippen LogP contribution in [-0.4, -0.2) is 91.3 Å². The topological polar surface area (TPSA) is 137 Å². The van der Waals surface area contributed by atoms with Crippen LogP contribution in [0.25, 0.3) is 10.6 Å². The molecule has 0 atom stereocenters. The molecule has 0 bridgehead atoms. The van der Waals surface area contributed by atoms with Crippen LogP contribution in [0.2, 0.25) is 0 Å². The van der Waals surface area contributed by atoms with Crippen molar-refractivity contribution in [3.63, 3.8) is 0 Å². The van der Waals surface area contributed by atoms with Crippen molar-refractivity contribution >= 4 is 35.0 Å². The minimum atomic E-state index is -1.21. The molecule has 3 aromatic rings. The zero-order chi connectivity index (χ0) is 26.6. The van der Waals surface area contributed by atoms with Crippen LogP contribution < -0.4 is 5.06 Å². The Balaban J connectivity index is 1.24. The molecule has 1 amide bonds. The third kappa shape index (κ3) is 4.25. The minimum absolute atomic E-state index is 0.000576. The number of hydrogen-bond donors (Lipinski definition) is 2. The Kier molecular flexibility index (Phi) is 6.17. The molecule has 1 saturated heterocycles. The Morgan fingerprint density at radius 1 is 1.26 bits per heavy atom. The Morgan fingerprint density at radius 2 is 2.03 bits per heavy atom. The van der Waals surface area contributed by atoms with Crippen molar-refractivity contribution in [2.75, 3.05) is 44.5 Å². The van der Waals surface area contributed by atoms with E-state index in [9.17, 15) is 19.9 Å². The van der Waals surface area contributed by atoms with Crippen LogP contribution in [0.5, 0.6) is 0 Å². The second kappa shape index (κ2) is 9.42. The summed E-state index contributed by atoms with van der Waals surface area (Å²) in [6.45, 7) is 8.80. The molecule has 0 unspecified atom stereocenters. The standard InChI is InChI=1S/C25H29N7O5S/c1-25(2)21-16(22(33)30(25)8-7-29-9-11-37-12-10-29)13-19(38-21)17-5-6-26-23(28-17)32(36)18-14-27-31(24(34)35)20(18)15-3-4-15/h5-6,13-15,36H,3-4,7-12H2,1-2H3,(H,34,35). The molecule has 3 aromatic heterocycles. The van der Waals surface area contributed by atoms with E-state index >= 15 is 0 Å². The predicted octanol–water partition coefficient (Wildman–Crippen LogP) is 3.36. The third-order valence-electron chi connectivity index (χ3n) is 7.43. The molecule has 6 rings (SSSR count). The molecule has 0 radical (unpaired) electrons. The summed E-state index contributed by atoms with van der Waals surface area (Å²) in [5.74, 6) is 0.0238. The Labute approximate surface area is 223 Å². The van der Waals surface area contributed by atoms with E-state index < -0.39 is 11.6 Å². The predicted molar refractivity (Wildman–Crippen MR) is 138 cm³/mol. The zero-order valence-electron chi connectivity index (χ0n) is 21.2. The number of carbonyl (C=O) groups is 2. The summed E-state index contributed by atoms with van der Waals surface area (Å²) in [5, 5.41) is 25.1. The maximum atomic E-state index is 13.4. The number of rotatable bonds is 7. The normalized spacial score (nSPS) is 19.1. The molecule has 5 heterocycles. The summed E-state index contributed by atoms with van der Waals surface area (Å²) in [6.07, 6.45) is 3.29. The first kappa shape index (κ1) is 24.9. The lowest BCUT2D eigenvalue weighted by atomic mass is 10.0. The highest BCUT2D eigenvalue weighted by atomic mass is 32.1. The fraction of sp³-hybridized carbons (Fsp3) is 0.480. The van der Waals surface area contributed by atoms with Crippen LogP contribution in [-0.2, 0) is 10.3 Å². The van der Waals surface area contributed by atoms with Gasteiger partial charge in [-0.1, -0.05) is 0 Å². The van der Waals surface area contributed by atoms with Gasteiger partial charge in [0, 0.05) is 43.2 Å². The monoisotopic (exact) mass is 539 g/mol. The van der Waals surface area contributed by atoms with E-state index in [1.807, 2.05) is 11.0 Å². The molecule has 3 aliphatic rings. The van der Waals surface area contributed by atoms with Gasteiger partial charge in [0.1, 0.15) is 5.69 Å². The number of ether oxygens (including phenoxy) is 1. The highest BCUT2D eigenvalue weighted by molar-refractivity contribution is 7.16. The number of fused-ring (bicyclic) bond motifs is 1. The molecule has 1 aliphatic carbocycles. The smallest absolute Gasteiger partial charge is 0.432 e. The maximum Gasteiger partial charge on any atom is 0.432 e. The summed E-state index contributed by atoms with van der Waals surface area (Å²) < 4.78 is 6.32. The summed E-state index contributed by atoms with van der Waals surface area (Å²) in [4.78, 5) is 39.8. The molecule has 2 N–H and O–H groups in total. The summed E-state index contributed by atoms with van der Waals surface area (Å²) >= 11 is 1.51. The second-order valence-electron chi connectivity index (χ2n) is 10.3. The first-order valence-corrected chi connectivity index (χ1v) is 13.5. The van der Waals surface area contributed by atoms with Crippen molar-refractivity contribution in [1.29, 1.82) is 0 Å². The number of hydrogen-bond acceptors (Lipinski definition) is 10. The van der Waals surface area contributed by atoms with Gasteiger partial charge in [0.2, 0.25) is 0 Å². The first-order valence-electron chi connectivity index (χ1n) is 12.7. The van der Waals surface area contributed by atoms with Gasteiger partial charge in [-0.2, -0.15) is 14.8 Å². The number of nitrogens with zero attached hydrogens (tertiary/aromatic N) is 7. The van der Waals surface area contributed by atoms with Gasteiger partial charge in [0.25, 0.3) is 11.9 Å². The molecule has 38 heavy (non-hydrogen) atoms. The number of amides is 1. The minimum Gasteiger partial charge on any atom is -0.463 e. The van der Waals surface area contributed by atoms with Crippen molar-refractivity contribution in [2.45, 2.75) is 38.1 Å². The lowest BCUT2D eigenvalue weighted by molar-refractivity contribution is 0.0263. The fourth-order valence-corrected chi connectivity index (χ4v) is 6.43. The number of aromatic nitrogens is 4. The van der Waals surface area contributed by atoms with Gasteiger partial charge in [-0.15, -0.1) is 11.3 Å². The molecular weight excluding hydrogens is 510 g/mol. The van der Waals surface area contributed by atoms with Crippen LogP contribution >= 0.6 is 11.3 Å². The van der Waals surface area contributed by atoms with Crippen LogP contribution in [0.1, 0.15) is 53.5 Å². The molecule has 13 heteroatoms. The van der Waals surface area contributed by atoms with E-state index in [0.29, 0.717) is 23.5 Å². The van der Waals surface area contributed by atoms with Gasteiger partial charge in [-0.3, -0.25) is 14.9 Å². The summed E-state index contributed by atoms with van der Waals surface area (Å²) in [7, 11) is 0. The van der Waals surface area contributed by atoms with Gasteiger partial charge in [-0.05, 0) is 38.8 Å². The summed E-state index contributed by atoms with van der Waals surface area (Å²) in [6, 6.07) is 3.60. The van der Waals surface area contributed by atoms with Crippen molar-refractivity contribution in [2.24, 2.45) is 0 Å². The highest BCUT2D eigenvalue weighted by Crippen LogP contribution is 2.47. The lowest BCUT2D eigenvalue weighted by Gasteiger charge is -2.35. The SMILES string of the molecule is CC1(C)c2sc(-c3ccnc(N(O)c4cnn(C(=O)O)c4C4CC4)n3)cc2C(=O)N1CCN1CCOCC1. The van der Waals surface area contributed by atoms with E-state index in [1.165, 1.54) is 23.7 Å². The molecule has 0 aromatic carbocycles. The number of thiophene rings is 1. The quantitative estimate of drug-likeness (QED) is 0.430. The molecule has 200 valence electrons. The highest BCUT2D eigenvalue weighted by Gasteiger charge is 2.45. The van der Waals surface area contributed by atoms with Crippen LogP contribution in [0.15, 0.2) is 24.5 Å². The Bertz CT molecular complexity index is 1390. The van der Waals surface area contributed by atoms with Crippen molar-refractivity contribution in [1.82, 2.24) is 29.5 Å². The van der Waals surface area contributed by atoms with Crippen molar-refractivity contribution < 1.29 is 24.6 Å². The molecular formula is C25H29N7O5S. The van der Waals surface area contributed by atoms with E-state index in [-0.39, 0.29) is 23.5 Å². The fourth-order valence-electron chi connectivity index (χ4n) is 5.20. The largest absolute Gasteiger partial charge is 0.463 e. The van der Waals surface area contributed by atoms with Gasteiger partial charge < -0.3 is 14.7 Å². The van der Waals surface area contributed by atoms with Crippen LogP contribution in [0, 0.1) is 0 Å². The van der Waals surface area contributed by atoms with E-state index in [4.69, 9.17) is 4.74 Å². The van der Waals surface area contributed by atoms with Gasteiger partial charge in [0.05, 0.1) is 46.8 Å². The molecule has 1 saturated carbocycles. The average molecular weight is 540 g/mol. The number of carboxylic acid groups (broad SMARTS) is 1. The molecule has 2 aliphatic heterocycles. The first-order chi connectivity index (χ1) is 18.3. The Hall–Kier alpha value is -3.39. The Morgan fingerprint density at radius 3 is 2.71 bits per heavy atom. The number of anilines is 2. The van der Waals surface area contributed by atoms with E-state index in [1.54, 1.807) is 6.07 Å². The average Bonchev–Trinajstić information content (AvgIpc) is 3.42. The van der Waals surface area contributed by atoms with Crippen LogP contribution in [0.4, 0.5) is 16.4 Å². The van der Waals surface area contributed by atoms with Gasteiger partial charge >= 0.3 is 6.09 Å². The maximum absolute atomic E-state index is 13.4. The summed E-state index contributed by atoms with van der Waals surface area (Å²) in [5.41, 5.74) is 1.46. The lowest BCUT2D eigenvalue weighted by Crippen LogP contribution is -2.46. The molecule has 0 spiro atoms. The third-order valence-corrected chi connectivity index (χ3v) is 8.90. The molecule has 2 fully saturated rings. The van der Waals surface area contributed by atoms with Crippen molar-refractivity contribution in [3.8, 4) is 10.6 Å². The molecule has 12 nitrogen and oxygen atoms in total. The van der Waals surface area contributed by atoms with Gasteiger partial charge in [0.15, 0.2) is 0 Å². The van der Waals surface area contributed by atoms with E-state index in [2.05, 4.69) is 33.8 Å². The number of morpholine rings is 1. The second-order valence-corrected chi connectivity index (χ2v) is 11.3. The van der Waals surface area contributed by atoms with E-state index in [0.717, 1.165) is 65.2 Å². The zero-order valence-corrected chi connectivity index (χ0v) is 22.0.